The summed E-state index contributed by atoms with van der Waals surface area (Å²) in [6.45, 7) is 0. The maximum atomic E-state index is 10.3. The number of nitrogens with zero attached hydrogens (tertiary/aromatic N) is 3. The van der Waals surface area contributed by atoms with Crippen molar-refractivity contribution < 1.29 is 18.9 Å². The molecule has 1 aliphatic carbocycles. The summed E-state index contributed by atoms with van der Waals surface area (Å²) in [5.74, 6) is -1.40. The minimum Gasteiger partial charge on any atom is -0.497 e. The van der Waals surface area contributed by atoms with Crippen LogP contribution in [0.5, 0.6) is 11.5 Å². The van der Waals surface area contributed by atoms with Crippen LogP contribution in [0.15, 0.2) is 18.2 Å². The van der Waals surface area contributed by atoms with Crippen LogP contribution in [-0.2, 0) is 9.47 Å². The van der Waals surface area contributed by atoms with Gasteiger partial charge in [0, 0.05) is 12.0 Å². The standard InChI is InChI=1S/C21H20N4O4/c1-26-13-6-7-15(27-2)14(9-13)17-20(12-24)18(25)29-21(28-17)8-4-3-5-16(21)19(20,10-22)11-23/h6-7,9,16-17,25H,3-5,8H2,1-2H3. The van der Waals surface area contributed by atoms with Crippen LogP contribution in [0.1, 0.15) is 37.4 Å². The molecule has 1 aromatic rings. The van der Waals surface area contributed by atoms with Crippen LogP contribution < -0.4 is 9.47 Å². The molecule has 1 N–H and O–H groups in total. The highest BCUT2D eigenvalue weighted by atomic mass is 16.7. The van der Waals surface area contributed by atoms with E-state index in [1.165, 1.54) is 14.2 Å². The Morgan fingerprint density at radius 3 is 2.48 bits per heavy atom. The van der Waals surface area contributed by atoms with Gasteiger partial charge in [0.25, 0.3) is 0 Å². The molecule has 148 valence electrons. The van der Waals surface area contributed by atoms with Crippen LogP contribution in [0.3, 0.4) is 0 Å². The summed E-state index contributed by atoms with van der Waals surface area (Å²) in [7, 11) is 2.99. The van der Waals surface area contributed by atoms with Crippen molar-refractivity contribution in [2.75, 3.05) is 14.2 Å². The molecule has 0 amide bonds. The van der Waals surface area contributed by atoms with Crippen molar-refractivity contribution >= 4 is 5.90 Å². The minimum atomic E-state index is -1.93. The van der Waals surface area contributed by atoms with Crippen molar-refractivity contribution in [3.63, 3.8) is 0 Å². The molecule has 4 fully saturated rings. The van der Waals surface area contributed by atoms with Gasteiger partial charge in [0.1, 0.15) is 17.6 Å². The molecular weight excluding hydrogens is 372 g/mol. The Labute approximate surface area is 168 Å². The second kappa shape index (κ2) is 6.37. The van der Waals surface area contributed by atoms with Gasteiger partial charge in [-0.1, -0.05) is 6.42 Å². The molecule has 8 nitrogen and oxygen atoms in total. The predicted octanol–water partition coefficient (Wildman–Crippen LogP) is 3.21. The van der Waals surface area contributed by atoms with E-state index in [1.54, 1.807) is 18.2 Å². The van der Waals surface area contributed by atoms with Gasteiger partial charge >= 0.3 is 0 Å². The second-order valence-electron chi connectivity index (χ2n) is 7.60. The number of ether oxygens (including phenoxy) is 4. The molecule has 3 heterocycles. The van der Waals surface area contributed by atoms with Gasteiger partial charge in [-0.2, -0.15) is 15.8 Å². The molecule has 0 aromatic heterocycles. The number of benzene rings is 1. The Balaban J connectivity index is 2.03. The summed E-state index contributed by atoms with van der Waals surface area (Å²) in [5, 5.41) is 39.4. The molecule has 4 atom stereocenters. The van der Waals surface area contributed by atoms with Gasteiger partial charge in [-0.3, -0.25) is 5.41 Å². The molecule has 1 saturated carbocycles. The highest BCUT2D eigenvalue weighted by Crippen LogP contribution is 2.69. The number of methoxy groups -OCH3 is 2. The fourth-order valence-electron chi connectivity index (χ4n) is 5.16. The monoisotopic (exact) mass is 392 g/mol. The molecule has 5 rings (SSSR count). The van der Waals surface area contributed by atoms with E-state index in [2.05, 4.69) is 18.2 Å². The fraction of sp³-hybridized carbons (Fsp3) is 0.524. The van der Waals surface area contributed by atoms with Crippen LogP contribution in [0.4, 0.5) is 0 Å². The highest BCUT2D eigenvalue weighted by Gasteiger charge is 2.80. The van der Waals surface area contributed by atoms with Gasteiger partial charge in [-0.15, -0.1) is 0 Å². The number of hydrogen-bond donors (Lipinski definition) is 1. The molecular formula is C21H20N4O4. The largest absolute Gasteiger partial charge is 0.497 e. The number of fused-ring (bicyclic) bond motifs is 2. The van der Waals surface area contributed by atoms with Gasteiger partial charge in [0.05, 0.1) is 38.3 Å². The lowest BCUT2D eigenvalue weighted by atomic mass is 9.48. The number of hydrogen-bond acceptors (Lipinski definition) is 8. The van der Waals surface area contributed by atoms with Crippen LogP contribution in [0.2, 0.25) is 0 Å². The first-order valence-electron chi connectivity index (χ1n) is 9.40. The molecule has 29 heavy (non-hydrogen) atoms. The number of nitrogens with one attached hydrogen (secondary N) is 1. The van der Waals surface area contributed by atoms with Crippen molar-refractivity contribution in [1.82, 2.24) is 0 Å². The Morgan fingerprint density at radius 1 is 1.10 bits per heavy atom. The smallest absolute Gasteiger partial charge is 0.218 e. The maximum absolute atomic E-state index is 10.3. The van der Waals surface area contributed by atoms with Crippen LogP contribution >= 0.6 is 0 Å². The molecule has 4 aliphatic rings. The summed E-state index contributed by atoms with van der Waals surface area (Å²) in [4.78, 5) is 0. The zero-order chi connectivity index (χ0) is 20.9. The van der Waals surface area contributed by atoms with Crippen LogP contribution in [-0.4, -0.2) is 25.9 Å². The zero-order valence-electron chi connectivity index (χ0n) is 16.2. The molecule has 1 spiro atoms. The zero-order valence-corrected chi connectivity index (χ0v) is 16.2. The summed E-state index contributed by atoms with van der Waals surface area (Å²) in [6, 6.07) is 11.4. The van der Waals surface area contributed by atoms with E-state index >= 15 is 0 Å². The third-order valence-electron chi connectivity index (χ3n) is 6.54. The lowest BCUT2D eigenvalue weighted by Gasteiger charge is -2.63. The molecule has 1 aromatic carbocycles. The average molecular weight is 392 g/mol. The highest BCUT2D eigenvalue weighted by molar-refractivity contribution is 5.89. The van der Waals surface area contributed by atoms with E-state index in [0.29, 0.717) is 29.9 Å². The molecule has 4 unspecified atom stereocenters. The lowest BCUT2D eigenvalue weighted by Crippen LogP contribution is -2.73. The van der Waals surface area contributed by atoms with Crippen molar-refractivity contribution in [2.45, 2.75) is 37.6 Å². The summed E-state index contributed by atoms with van der Waals surface area (Å²) < 4.78 is 23.1. The minimum absolute atomic E-state index is 0.401. The first-order valence-corrected chi connectivity index (χ1v) is 9.40. The van der Waals surface area contributed by atoms with Gasteiger partial charge in [-0.25, -0.2) is 0 Å². The molecule has 8 heteroatoms. The lowest BCUT2D eigenvalue weighted by molar-refractivity contribution is -0.360. The van der Waals surface area contributed by atoms with Crippen LogP contribution in [0.25, 0.3) is 0 Å². The Bertz CT molecular complexity index is 989. The Hall–Kier alpha value is -3.28. The summed E-state index contributed by atoms with van der Waals surface area (Å²) >= 11 is 0. The first kappa shape index (κ1) is 19.1. The molecule has 2 bridgehead atoms. The molecule has 0 radical (unpaired) electrons. The van der Waals surface area contributed by atoms with E-state index in [4.69, 9.17) is 24.4 Å². The normalized spacial score (nSPS) is 34.0. The van der Waals surface area contributed by atoms with E-state index < -0.39 is 34.5 Å². The van der Waals surface area contributed by atoms with Gasteiger partial charge in [0.15, 0.2) is 10.8 Å². The third-order valence-corrected chi connectivity index (χ3v) is 6.54. The second-order valence-corrected chi connectivity index (χ2v) is 7.60. The average Bonchev–Trinajstić information content (AvgIpc) is 2.76. The topological polar surface area (TPSA) is 132 Å². The van der Waals surface area contributed by atoms with Gasteiger partial charge < -0.3 is 18.9 Å². The van der Waals surface area contributed by atoms with E-state index in [1.807, 2.05) is 0 Å². The Morgan fingerprint density at radius 2 is 1.86 bits per heavy atom. The molecule has 3 saturated heterocycles. The summed E-state index contributed by atoms with van der Waals surface area (Å²) in [5.41, 5.74) is -3.27. The predicted molar refractivity (Wildman–Crippen MR) is 98.6 cm³/mol. The van der Waals surface area contributed by atoms with Gasteiger partial charge in [-0.05, 0) is 31.0 Å². The van der Waals surface area contributed by atoms with Crippen molar-refractivity contribution in [2.24, 2.45) is 16.7 Å². The fourth-order valence-corrected chi connectivity index (χ4v) is 5.16. The SMILES string of the molecule is COc1ccc(OC)c(C2OC34CCCCC3C(C#N)(C#N)C2(C#N)C(=N)O4)c1. The van der Waals surface area contributed by atoms with Crippen molar-refractivity contribution in [3.05, 3.63) is 23.8 Å². The number of rotatable bonds is 3. The quantitative estimate of drug-likeness (QED) is 0.835. The number of nitriles is 3. The van der Waals surface area contributed by atoms with Gasteiger partial charge in [0.2, 0.25) is 11.7 Å². The van der Waals surface area contributed by atoms with Crippen molar-refractivity contribution in [1.29, 1.82) is 21.2 Å². The Kier molecular flexibility index (Phi) is 4.19. The summed E-state index contributed by atoms with van der Waals surface area (Å²) in [6.07, 6.45) is 1.44. The van der Waals surface area contributed by atoms with Crippen LogP contribution in [0, 0.1) is 56.2 Å². The van der Waals surface area contributed by atoms with E-state index in [0.717, 1.165) is 12.8 Å². The van der Waals surface area contributed by atoms with Crippen molar-refractivity contribution in [3.8, 4) is 29.7 Å². The first-order chi connectivity index (χ1) is 14.0. The third kappa shape index (κ3) is 2.11. The maximum Gasteiger partial charge on any atom is 0.218 e. The van der Waals surface area contributed by atoms with E-state index in [9.17, 15) is 15.8 Å². The molecule has 3 aliphatic heterocycles. The van der Waals surface area contributed by atoms with E-state index in [-0.39, 0.29) is 0 Å².